The molecule has 132 valence electrons. The van der Waals surface area contributed by atoms with Gasteiger partial charge in [-0.05, 0) is 29.8 Å². The predicted octanol–water partition coefficient (Wildman–Crippen LogP) is 3.27. The fourth-order valence-corrected chi connectivity index (χ4v) is 2.26. The summed E-state index contributed by atoms with van der Waals surface area (Å²) >= 11 is 11.7. The molecule has 0 radical (unpaired) electrons. The molecule has 0 bridgehead atoms. The first-order valence-electron chi connectivity index (χ1n) is 7.58. The number of nitrogens with one attached hydrogen (secondary N) is 1. The lowest BCUT2D eigenvalue weighted by molar-refractivity contribution is -0.147. The number of halogens is 2. The van der Waals surface area contributed by atoms with Crippen molar-refractivity contribution in [3.8, 4) is 5.75 Å². The highest BCUT2D eigenvalue weighted by atomic mass is 35.5. The minimum atomic E-state index is -0.519. The number of carbonyl (C=O) groups is 2. The summed E-state index contributed by atoms with van der Waals surface area (Å²) in [6, 6.07) is 14.1. The van der Waals surface area contributed by atoms with Gasteiger partial charge in [0.15, 0.2) is 6.61 Å². The van der Waals surface area contributed by atoms with E-state index in [0.29, 0.717) is 28.8 Å². The molecule has 2 aromatic rings. The van der Waals surface area contributed by atoms with Crippen molar-refractivity contribution in [1.82, 2.24) is 5.32 Å². The highest BCUT2D eigenvalue weighted by Gasteiger charge is 2.09. The maximum Gasteiger partial charge on any atom is 0.310 e. The van der Waals surface area contributed by atoms with E-state index in [1.165, 1.54) is 0 Å². The number of esters is 1. The second-order valence-corrected chi connectivity index (χ2v) is 5.91. The van der Waals surface area contributed by atoms with E-state index in [1.54, 1.807) is 18.2 Å². The van der Waals surface area contributed by atoms with Gasteiger partial charge in [0, 0.05) is 0 Å². The molecular formula is C18H17Cl2NO4. The van der Waals surface area contributed by atoms with Crippen LogP contribution in [-0.4, -0.2) is 31.6 Å². The number of para-hydroxylation sites is 1. The molecule has 0 aliphatic rings. The third-order valence-electron chi connectivity index (χ3n) is 3.13. The standard InChI is InChI=1S/C18H17Cl2NO4/c19-15-7-6-13(10-16(15)20)11-18(23)25-12-17(22)21-8-9-24-14-4-2-1-3-5-14/h1-7,10H,8-9,11-12H2,(H,21,22). The third-order valence-corrected chi connectivity index (χ3v) is 3.87. The van der Waals surface area contributed by atoms with Crippen molar-refractivity contribution < 1.29 is 19.1 Å². The van der Waals surface area contributed by atoms with Gasteiger partial charge in [0.1, 0.15) is 12.4 Å². The Morgan fingerprint density at radius 3 is 2.48 bits per heavy atom. The van der Waals surface area contributed by atoms with Crippen LogP contribution in [0.15, 0.2) is 48.5 Å². The topological polar surface area (TPSA) is 64.6 Å². The van der Waals surface area contributed by atoms with E-state index in [1.807, 2.05) is 30.3 Å². The zero-order chi connectivity index (χ0) is 18.1. The van der Waals surface area contributed by atoms with Gasteiger partial charge in [-0.2, -0.15) is 0 Å². The van der Waals surface area contributed by atoms with Gasteiger partial charge < -0.3 is 14.8 Å². The molecule has 1 amide bonds. The zero-order valence-corrected chi connectivity index (χ0v) is 14.8. The molecule has 0 spiro atoms. The second-order valence-electron chi connectivity index (χ2n) is 5.10. The number of rotatable bonds is 8. The molecular weight excluding hydrogens is 365 g/mol. The highest BCUT2D eigenvalue weighted by molar-refractivity contribution is 6.42. The lowest BCUT2D eigenvalue weighted by Crippen LogP contribution is -2.32. The first-order chi connectivity index (χ1) is 12.0. The fraction of sp³-hybridized carbons (Fsp3) is 0.222. The van der Waals surface area contributed by atoms with Crippen molar-refractivity contribution in [3.05, 3.63) is 64.1 Å². The summed E-state index contributed by atoms with van der Waals surface area (Å²) in [5, 5.41) is 3.39. The number of benzene rings is 2. The molecule has 2 aromatic carbocycles. The number of hydrogen-bond acceptors (Lipinski definition) is 4. The summed E-state index contributed by atoms with van der Waals surface area (Å²) in [6.07, 6.45) is 0.0152. The Labute approximate surface area is 155 Å². The molecule has 1 N–H and O–H groups in total. The van der Waals surface area contributed by atoms with Crippen LogP contribution in [0.25, 0.3) is 0 Å². The summed E-state index contributed by atoms with van der Waals surface area (Å²) < 4.78 is 10.4. The first-order valence-corrected chi connectivity index (χ1v) is 8.34. The Kier molecular flexibility index (Phi) is 7.57. The molecule has 0 unspecified atom stereocenters. The largest absolute Gasteiger partial charge is 0.492 e. The van der Waals surface area contributed by atoms with E-state index in [2.05, 4.69) is 5.32 Å². The van der Waals surface area contributed by atoms with E-state index in [9.17, 15) is 9.59 Å². The molecule has 2 rings (SSSR count). The maximum absolute atomic E-state index is 11.7. The Bertz CT molecular complexity index is 722. The normalized spacial score (nSPS) is 10.2. The number of hydrogen-bond donors (Lipinski definition) is 1. The first kappa shape index (κ1) is 19.1. The molecule has 0 saturated carbocycles. The Morgan fingerprint density at radius 2 is 1.76 bits per heavy atom. The number of carbonyl (C=O) groups excluding carboxylic acids is 2. The molecule has 0 aliphatic heterocycles. The summed E-state index contributed by atoms with van der Waals surface area (Å²) in [5.41, 5.74) is 0.663. The predicted molar refractivity (Wildman–Crippen MR) is 96.1 cm³/mol. The second kappa shape index (κ2) is 9.91. The van der Waals surface area contributed by atoms with Crippen LogP contribution in [0, 0.1) is 0 Å². The minimum Gasteiger partial charge on any atom is -0.492 e. The maximum atomic E-state index is 11.7. The van der Waals surface area contributed by atoms with Crippen molar-refractivity contribution in [3.63, 3.8) is 0 Å². The average molecular weight is 382 g/mol. The van der Waals surface area contributed by atoms with Gasteiger partial charge in [-0.25, -0.2) is 0 Å². The van der Waals surface area contributed by atoms with Crippen molar-refractivity contribution in [2.75, 3.05) is 19.8 Å². The summed E-state index contributed by atoms with van der Waals surface area (Å²) in [7, 11) is 0. The Hall–Kier alpha value is -2.24. The third kappa shape index (κ3) is 7.03. The molecule has 0 heterocycles. The van der Waals surface area contributed by atoms with Crippen LogP contribution in [0.5, 0.6) is 5.75 Å². The van der Waals surface area contributed by atoms with E-state index in [0.717, 1.165) is 5.75 Å². The van der Waals surface area contributed by atoms with E-state index >= 15 is 0 Å². The van der Waals surface area contributed by atoms with Crippen LogP contribution < -0.4 is 10.1 Å². The molecule has 25 heavy (non-hydrogen) atoms. The van der Waals surface area contributed by atoms with Crippen molar-refractivity contribution in [2.45, 2.75) is 6.42 Å². The monoisotopic (exact) mass is 381 g/mol. The van der Waals surface area contributed by atoms with Gasteiger partial charge in [-0.15, -0.1) is 0 Å². The molecule has 0 saturated heterocycles. The van der Waals surface area contributed by atoms with Gasteiger partial charge in [0.05, 0.1) is 23.0 Å². The minimum absolute atomic E-state index is 0.0152. The van der Waals surface area contributed by atoms with E-state index in [-0.39, 0.29) is 18.9 Å². The molecule has 5 nitrogen and oxygen atoms in total. The van der Waals surface area contributed by atoms with Crippen LogP contribution in [0.2, 0.25) is 10.0 Å². The van der Waals surface area contributed by atoms with Crippen molar-refractivity contribution in [2.24, 2.45) is 0 Å². The van der Waals surface area contributed by atoms with E-state index in [4.69, 9.17) is 32.7 Å². The van der Waals surface area contributed by atoms with Gasteiger partial charge in [-0.1, -0.05) is 47.5 Å². The lowest BCUT2D eigenvalue weighted by Gasteiger charge is -2.08. The Balaban J connectivity index is 1.62. The van der Waals surface area contributed by atoms with Crippen LogP contribution in [-0.2, 0) is 20.7 Å². The molecule has 0 aromatic heterocycles. The van der Waals surface area contributed by atoms with Crippen molar-refractivity contribution in [1.29, 1.82) is 0 Å². The molecule has 0 aliphatic carbocycles. The molecule has 0 atom stereocenters. The SMILES string of the molecule is O=C(COC(=O)Cc1ccc(Cl)c(Cl)c1)NCCOc1ccccc1. The molecule has 0 fully saturated rings. The van der Waals surface area contributed by atoms with Gasteiger partial charge in [-0.3, -0.25) is 9.59 Å². The number of ether oxygens (including phenoxy) is 2. The van der Waals surface area contributed by atoms with Crippen LogP contribution >= 0.6 is 23.2 Å². The van der Waals surface area contributed by atoms with Crippen LogP contribution in [0.4, 0.5) is 0 Å². The summed E-state index contributed by atoms with van der Waals surface area (Å²) in [6.45, 7) is 0.302. The van der Waals surface area contributed by atoms with Crippen LogP contribution in [0.3, 0.4) is 0 Å². The smallest absolute Gasteiger partial charge is 0.310 e. The van der Waals surface area contributed by atoms with Gasteiger partial charge >= 0.3 is 5.97 Å². The van der Waals surface area contributed by atoms with Gasteiger partial charge in [0.25, 0.3) is 5.91 Å². The van der Waals surface area contributed by atoms with Gasteiger partial charge in [0.2, 0.25) is 0 Å². The lowest BCUT2D eigenvalue weighted by atomic mass is 10.1. The number of amides is 1. The van der Waals surface area contributed by atoms with E-state index < -0.39 is 5.97 Å². The zero-order valence-electron chi connectivity index (χ0n) is 13.3. The quantitative estimate of drug-likeness (QED) is 0.562. The van der Waals surface area contributed by atoms with Crippen LogP contribution in [0.1, 0.15) is 5.56 Å². The fourth-order valence-electron chi connectivity index (χ4n) is 1.94. The summed E-state index contributed by atoms with van der Waals surface area (Å²) in [5.74, 6) is -0.182. The molecule has 7 heteroatoms. The van der Waals surface area contributed by atoms with Crippen molar-refractivity contribution >= 4 is 35.1 Å². The average Bonchev–Trinajstić information content (AvgIpc) is 2.61. The Morgan fingerprint density at radius 1 is 1.00 bits per heavy atom. The summed E-state index contributed by atoms with van der Waals surface area (Å²) in [4.78, 5) is 23.4. The highest BCUT2D eigenvalue weighted by Crippen LogP contribution is 2.22.